The number of aromatic nitrogens is 1. The molecule has 0 saturated carbocycles. The van der Waals surface area contributed by atoms with Crippen molar-refractivity contribution < 1.29 is 4.74 Å². The average molecular weight is 122 g/mol. The third kappa shape index (κ3) is 1.03. The Morgan fingerprint density at radius 3 is 2.89 bits per heavy atom. The Morgan fingerprint density at radius 1 is 1.78 bits per heavy atom. The Morgan fingerprint density at radius 2 is 2.56 bits per heavy atom. The summed E-state index contributed by atoms with van der Waals surface area (Å²) in [7, 11) is 1.55. The molecule has 0 amide bonds. The lowest BCUT2D eigenvalue weighted by Gasteiger charge is -1.87. The molecule has 1 rings (SSSR count). The first-order valence-corrected chi connectivity index (χ1v) is 2.49. The van der Waals surface area contributed by atoms with Crippen LogP contribution in [-0.2, 0) is 0 Å². The smallest absolute Gasteiger partial charge is 0.191 e. The zero-order valence-corrected chi connectivity index (χ0v) is 5.01. The van der Waals surface area contributed by atoms with Gasteiger partial charge in [0.05, 0.1) is 12.7 Å². The largest absolute Gasteiger partial charge is 0.482 e. The Hall–Kier alpha value is -1.43. The molecule has 9 heavy (non-hydrogen) atoms. The molecule has 3 nitrogen and oxygen atoms in total. The van der Waals surface area contributed by atoms with Gasteiger partial charge in [-0.1, -0.05) is 0 Å². The maximum Gasteiger partial charge on any atom is 0.191 e. The van der Waals surface area contributed by atoms with Gasteiger partial charge in [-0.05, 0) is 0 Å². The molecule has 1 aromatic heterocycles. The van der Waals surface area contributed by atoms with Gasteiger partial charge in [0.15, 0.2) is 5.88 Å². The van der Waals surface area contributed by atoms with Gasteiger partial charge in [-0.2, -0.15) is 5.26 Å². The second-order valence-electron chi connectivity index (χ2n) is 1.57. The zero-order valence-electron chi connectivity index (χ0n) is 5.01. The molecule has 1 aromatic rings. The summed E-state index contributed by atoms with van der Waals surface area (Å²) in [6.07, 6.45) is 1.60. The fourth-order valence-corrected chi connectivity index (χ4v) is 0.556. The Bertz CT molecular complexity index is 233. The molecule has 0 aromatic carbocycles. The Balaban J connectivity index is 2.90. The molecule has 0 aliphatic heterocycles. The molecule has 46 valence electrons. The van der Waals surface area contributed by atoms with E-state index >= 15 is 0 Å². The third-order valence-electron chi connectivity index (χ3n) is 1.01. The van der Waals surface area contributed by atoms with Gasteiger partial charge in [0.25, 0.3) is 0 Å². The van der Waals surface area contributed by atoms with E-state index in [4.69, 9.17) is 10.00 Å². The lowest BCUT2D eigenvalue weighted by molar-refractivity contribution is 0.400. The molecule has 0 atom stereocenters. The topological polar surface area (TPSA) is 48.8 Å². The van der Waals surface area contributed by atoms with Crippen molar-refractivity contribution in [2.75, 3.05) is 7.11 Å². The van der Waals surface area contributed by atoms with Crippen molar-refractivity contribution in [3.63, 3.8) is 0 Å². The monoisotopic (exact) mass is 122 g/mol. The van der Waals surface area contributed by atoms with Gasteiger partial charge < -0.3 is 9.72 Å². The van der Waals surface area contributed by atoms with Crippen molar-refractivity contribution >= 4 is 0 Å². The van der Waals surface area contributed by atoms with Gasteiger partial charge in [0.2, 0.25) is 0 Å². The maximum absolute atomic E-state index is 8.32. The number of aromatic amines is 1. The summed E-state index contributed by atoms with van der Waals surface area (Å²) in [6, 6.07) is 3.61. The van der Waals surface area contributed by atoms with Gasteiger partial charge >= 0.3 is 0 Å². The first-order chi connectivity index (χ1) is 4.36. The van der Waals surface area contributed by atoms with Crippen LogP contribution < -0.4 is 4.74 Å². The number of hydrogen-bond acceptors (Lipinski definition) is 2. The molecule has 0 aliphatic rings. The summed E-state index contributed by atoms with van der Waals surface area (Å²) in [4.78, 5) is 2.76. The highest BCUT2D eigenvalue weighted by atomic mass is 16.5. The van der Waals surface area contributed by atoms with Crippen LogP contribution in [0.3, 0.4) is 0 Å². The maximum atomic E-state index is 8.32. The first kappa shape index (κ1) is 5.70. The molecule has 0 spiro atoms. The predicted octanol–water partition coefficient (Wildman–Crippen LogP) is 0.895. The average Bonchev–Trinajstić information content (AvgIpc) is 2.34. The number of nitriles is 1. The third-order valence-corrected chi connectivity index (χ3v) is 1.01. The van der Waals surface area contributed by atoms with Crippen molar-refractivity contribution in [1.29, 1.82) is 5.26 Å². The van der Waals surface area contributed by atoms with E-state index in [1.165, 1.54) is 0 Å². The fourth-order valence-electron chi connectivity index (χ4n) is 0.556. The van der Waals surface area contributed by atoms with Crippen LogP contribution in [0.4, 0.5) is 0 Å². The van der Waals surface area contributed by atoms with Crippen molar-refractivity contribution in [1.82, 2.24) is 4.98 Å². The van der Waals surface area contributed by atoms with E-state index in [9.17, 15) is 0 Å². The van der Waals surface area contributed by atoms with E-state index in [1.54, 1.807) is 19.4 Å². The molecule has 0 fully saturated rings. The molecule has 0 bridgehead atoms. The second-order valence-corrected chi connectivity index (χ2v) is 1.57. The number of nitrogens with one attached hydrogen (secondary N) is 1. The first-order valence-electron chi connectivity index (χ1n) is 2.49. The molecule has 1 heterocycles. The summed E-state index contributed by atoms with van der Waals surface area (Å²) >= 11 is 0. The van der Waals surface area contributed by atoms with Crippen LogP contribution in [0.2, 0.25) is 0 Å². The van der Waals surface area contributed by atoms with E-state index < -0.39 is 0 Å². The van der Waals surface area contributed by atoms with Crippen LogP contribution in [0.5, 0.6) is 5.88 Å². The van der Waals surface area contributed by atoms with Gasteiger partial charge in [-0.25, -0.2) is 0 Å². The Labute approximate surface area is 52.9 Å². The fraction of sp³-hybridized carbons (Fsp3) is 0.167. The normalized spacial score (nSPS) is 8.44. The summed E-state index contributed by atoms with van der Waals surface area (Å²) in [6.45, 7) is 0. The quantitative estimate of drug-likeness (QED) is 0.601. The van der Waals surface area contributed by atoms with Crippen LogP contribution >= 0.6 is 0 Å². The molecule has 1 N–H and O–H groups in total. The number of H-pyrrole nitrogens is 1. The number of nitrogens with zero attached hydrogens (tertiary/aromatic N) is 1. The molecular formula is C6H6N2O. The highest BCUT2D eigenvalue weighted by molar-refractivity contribution is 5.31. The van der Waals surface area contributed by atoms with Crippen molar-refractivity contribution in [2.45, 2.75) is 0 Å². The van der Waals surface area contributed by atoms with E-state index in [2.05, 4.69) is 4.98 Å². The molecule has 0 aliphatic carbocycles. The van der Waals surface area contributed by atoms with E-state index in [1.807, 2.05) is 6.07 Å². The van der Waals surface area contributed by atoms with Gasteiger partial charge in [0, 0.05) is 12.3 Å². The van der Waals surface area contributed by atoms with E-state index in [-0.39, 0.29) is 0 Å². The summed E-state index contributed by atoms with van der Waals surface area (Å²) in [5.74, 6) is 0.617. The minimum absolute atomic E-state index is 0.590. The molecule has 3 heteroatoms. The van der Waals surface area contributed by atoms with Gasteiger partial charge in [0.1, 0.15) is 6.07 Å². The minimum atomic E-state index is 0.590. The minimum Gasteiger partial charge on any atom is -0.482 e. The van der Waals surface area contributed by atoms with E-state index in [0.717, 1.165) is 0 Å². The molecule has 0 saturated heterocycles. The van der Waals surface area contributed by atoms with Crippen LogP contribution in [0.15, 0.2) is 12.3 Å². The SMILES string of the molecule is COc1cc(C#N)c[nH]1. The van der Waals surface area contributed by atoms with Crippen LogP contribution in [-0.4, -0.2) is 12.1 Å². The number of hydrogen-bond donors (Lipinski definition) is 1. The number of rotatable bonds is 1. The van der Waals surface area contributed by atoms with Crippen molar-refractivity contribution in [2.24, 2.45) is 0 Å². The van der Waals surface area contributed by atoms with E-state index in [0.29, 0.717) is 11.4 Å². The zero-order chi connectivity index (χ0) is 6.69. The molecule has 0 unspecified atom stereocenters. The predicted molar refractivity (Wildman–Crippen MR) is 32.1 cm³/mol. The van der Waals surface area contributed by atoms with Gasteiger partial charge in [-0.3, -0.25) is 0 Å². The van der Waals surface area contributed by atoms with Crippen molar-refractivity contribution in [3.05, 3.63) is 17.8 Å². The summed E-state index contributed by atoms with van der Waals surface area (Å²) in [5.41, 5.74) is 0.590. The van der Waals surface area contributed by atoms with Crippen molar-refractivity contribution in [3.8, 4) is 11.9 Å². The summed E-state index contributed by atoms with van der Waals surface area (Å²) < 4.78 is 4.79. The van der Waals surface area contributed by atoms with Crippen LogP contribution in [0.1, 0.15) is 5.56 Å². The number of ether oxygens (including phenoxy) is 1. The van der Waals surface area contributed by atoms with Crippen LogP contribution in [0.25, 0.3) is 0 Å². The van der Waals surface area contributed by atoms with Crippen LogP contribution in [0, 0.1) is 11.3 Å². The molecular weight excluding hydrogens is 116 g/mol. The highest BCUT2D eigenvalue weighted by Crippen LogP contribution is 2.07. The highest BCUT2D eigenvalue weighted by Gasteiger charge is 1.93. The lowest BCUT2D eigenvalue weighted by Crippen LogP contribution is -1.78. The summed E-state index contributed by atoms with van der Waals surface area (Å²) in [5, 5.41) is 8.32. The standard InChI is InChI=1S/C6H6N2O/c1-9-6-2-5(3-7)4-8-6/h2,4,8H,1H3. The Kier molecular flexibility index (Phi) is 1.41. The number of methoxy groups -OCH3 is 1. The second kappa shape index (κ2) is 2.23. The van der Waals surface area contributed by atoms with Gasteiger partial charge in [-0.15, -0.1) is 0 Å². The lowest BCUT2D eigenvalue weighted by atomic mass is 10.4. The molecule has 0 radical (unpaired) electrons.